The summed E-state index contributed by atoms with van der Waals surface area (Å²) in [5.74, 6) is 0.945. The summed E-state index contributed by atoms with van der Waals surface area (Å²) in [6, 6.07) is 2.61. The number of rotatable bonds is 7. The highest BCUT2D eigenvalue weighted by Crippen LogP contribution is 2.40. The molecule has 0 radical (unpaired) electrons. The number of hydrogen-bond donors (Lipinski definition) is 1. The molecule has 1 aromatic rings. The molecule has 1 atom stereocenters. The lowest BCUT2D eigenvalue weighted by molar-refractivity contribution is -0.130. The minimum atomic E-state index is 0.163. The summed E-state index contributed by atoms with van der Waals surface area (Å²) in [7, 11) is 1.85. The number of aromatic nitrogens is 1. The molecule has 1 aliphatic rings. The molecule has 0 bridgehead atoms. The van der Waals surface area contributed by atoms with Crippen molar-refractivity contribution < 1.29 is 4.79 Å². The van der Waals surface area contributed by atoms with Crippen LogP contribution in [-0.2, 0) is 11.3 Å². The van der Waals surface area contributed by atoms with Crippen molar-refractivity contribution in [3.63, 3.8) is 0 Å². The molecule has 4 heteroatoms. The van der Waals surface area contributed by atoms with E-state index in [-0.39, 0.29) is 5.91 Å². The van der Waals surface area contributed by atoms with E-state index in [0.717, 1.165) is 19.0 Å². The molecule has 1 aliphatic carbocycles. The highest BCUT2D eigenvalue weighted by atomic mass is 16.2. The van der Waals surface area contributed by atoms with Gasteiger partial charge in [-0.25, -0.2) is 0 Å². The van der Waals surface area contributed by atoms with Gasteiger partial charge in [0.05, 0.1) is 0 Å². The first-order valence-electron chi connectivity index (χ1n) is 7.28. The summed E-state index contributed by atoms with van der Waals surface area (Å²) in [6.45, 7) is 6.33. The monoisotopic (exact) mass is 263 g/mol. The lowest BCUT2D eigenvalue weighted by Crippen LogP contribution is -2.29. The first-order chi connectivity index (χ1) is 9.15. The van der Waals surface area contributed by atoms with E-state index in [4.69, 9.17) is 0 Å². The maximum absolute atomic E-state index is 11.9. The number of amides is 1. The van der Waals surface area contributed by atoms with Crippen LogP contribution in [0.25, 0.3) is 0 Å². The van der Waals surface area contributed by atoms with Crippen LogP contribution in [0, 0.1) is 5.92 Å². The third-order valence-corrected chi connectivity index (χ3v) is 3.87. The number of hydrogen-bond acceptors (Lipinski definition) is 2. The number of carbonyl (C=O) groups is 1. The van der Waals surface area contributed by atoms with Gasteiger partial charge in [-0.2, -0.15) is 0 Å². The predicted octanol–water partition coefficient (Wildman–Crippen LogP) is 2.03. The summed E-state index contributed by atoms with van der Waals surface area (Å²) in [5, 5.41) is 3.55. The fourth-order valence-corrected chi connectivity index (χ4v) is 2.40. The Balaban J connectivity index is 1.99. The second-order valence-electron chi connectivity index (χ2n) is 5.40. The SMILES string of the molecule is CCNC(c1ccn(CC(=O)N(C)CC)c1)C1CC1. The van der Waals surface area contributed by atoms with Gasteiger partial charge in [0.15, 0.2) is 0 Å². The van der Waals surface area contributed by atoms with E-state index in [1.165, 1.54) is 18.4 Å². The van der Waals surface area contributed by atoms with E-state index in [1.54, 1.807) is 4.90 Å². The molecular formula is C15H25N3O. The maximum atomic E-state index is 11.9. The molecule has 1 N–H and O–H groups in total. The van der Waals surface area contributed by atoms with Crippen LogP contribution in [0.5, 0.6) is 0 Å². The van der Waals surface area contributed by atoms with Crippen LogP contribution in [0.4, 0.5) is 0 Å². The van der Waals surface area contributed by atoms with Crippen molar-refractivity contribution in [1.29, 1.82) is 0 Å². The van der Waals surface area contributed by atoms with Crippen molar-refractivity contribution in [2.75, 3.05) is 20.1 Å². The number of carbonyl (C=O) groups excluding carboxylic acids is 1. The highest BCUT2D eigenvalue weighted by Gasteiger charge is 2.32. The van der Waals surface area contributed by atoms with Crippen LogP contribution in [0.3, 0.4) is 0 Å². The Labute approximate surface area is 115 Å². The van der Waals surface area contributed by atoms with Crippen molar-refractivity contribution in [3.05, 3.63) is 24.0 Å². The average Bonchev–Trinajstić information content (AvgIpc) is 3.15. The van der Waals surface area contributed by atoms with Crippen LogP contribution in [-0.4, -0.2) is 35.5 Å². The highest BCUT2D eigenvalue weighted by molar-refractivity contribution is 5.75. The van der Waals surface area contributed by atoms with Crippen molar-refractivity contribution in [2.45, 2.75) is 39.3 Å². The average molecular weight is 263 g/mol. The van der Waals surface area contributed by atoms with Gasteiger partial charge in [0, 0.05) is 32.0 Å². The Bertz CT molecular complexity index is 423. The largest absolute Gasteiger partial charge is 0.345 e. The first-order valence-corrected chi connectivity index (χ1v) is 7.28. The van der Waals surface area contributed by atoms with Gasteiger partial charge in [-0.3, -0.25) is 4.79 Å². The number of nitrogens with zero attached hydrogens (tertiary/aromatic N) is 2. The Hall–Kier alpha value is -1.29. The third-order valence-electron chi connectivity index (χ3n) is 3.87. The zero-order chi connectivity index (χ0) is 13.8. The van der Waals surface area contributed by atoms with Crippen molar-refractivity contribution >= 4 is 5.91 Å². The normalized spacial score (nSPS) is 16.4. The molecule has 4 nitrogen and oxygen atoms in total. The summed E-state index contributed by atoms with van der Waals surface area (Å²) in [5.41, 5.74) is 1.32. The molecule has 2 rings (SSSR count). The molecule has 19 heavy (non-hydrogen) atoms. The Morgan fingerprint density at radius 3 is 2.84 bits per heavy atom. The van der Waals surface area contributed by atoms with Crippen LogP contribution >= 0.6 is 0 Å². The number of likely N-dealkylation sites (N-methyl/N-ethyl adjacent to an activating group) is 1. The van der Waals surface area contributed by atoms with Gasteiger partial charge in [-0.05, 0) is 43.9 Å². The van der Waals surface area contributed by atoms with Crippen molar-refractivity contribution in [1.82, 2.24) is 14.8 Å². The van der Waals surface area contributed by atoms with Gasteiger partial charge < -0.3 is 14.8 Å². The van der Waals surface area contributed by atoms with Gasteiger partial charge in [0.1, 0.15) is 6.54 Å². The van der Waals surface area contributed by atoms with Gasteiger partial charge in [-0.15, -0.1) is 0 Å². The minimum absolute atomic E-state index is 0.163. The molecule has 1 heterocycles. The summed E-state index contributed by atoms with van der Waals surface area (Å²) in [4.78, 5) is 13.6. The molecule has 106 valence electrons. The molecule has 1 aromatic heterocycles. The summed E-state index contributed by atoms with van der Waals surface area (Å²) >= 11 is 0. The molecule has 0 aromatic carbocycles. The van der Waals surface area contributed by atoms with E-state index in [9.17, 15) is 4.79 Å². The van der Waals surface area contributed by atoms with Crippen LogP contribution < -0.4 is 5.32 Å². The summed E-state index contributed by atoms with van der Waals surface area (Å²) < 4.78 is 2.00. The second kappa shape index (κ2) is 6.24. The van der Waals surface area contributed by atoms with Gasteiger partial charge in [0.2, 0.25) is 5.91 Å². The van der Waals surface area contributed by atoms with Gasteiger partial charge in [-0.1, -0.05) is 6.92 Å². The molecule has 1 amide bonds. The molecular weight excluding hydrogens is 238 g/mol. The van der Waals surface area contributed by atoms with Crippen molar-refractivity contribution in [2.24, 2.45) is 5.92 Å². The first kappa shape index (κ1) is 14.1. The fraction of sp³-hybridized carbons (Fsp3) is 0.667. The molecule has 1 saturated carbocycles. The lowest BCUT2D eigenvalue weighted by Gasteiger charge is -2.16. The van der Waals surface area contributed by atoms with E-state index in [0.29, 0.717) is 12.6 Å². The van der Waals surface area contributed by atoms with E-state index in [1.807, 2.05) is 24.7 Å². The van der Waals surface area contributed by atoms with E-state index in [2.05, 4.69) is 24.5 Å². The van der Waals surface area contributed by atoms with Crippen LogP contribution in [0.15, 0.2) is 18.5 Å². The molecule has 0 spiro atoms. The Morgan fingerprint density at radius 1 is 1.53 bits per heavy atom. The third kappa shape index (κ3) is 3.60. The second-order valence-corrected chi connectivity index (χ2v) is 5.40. The van der Waals surface area contributed by atoms with Crippen molar-refractivity contribution in [3.8, 4) is 0 Å². The molecule has 0 aliphatic heterocycles. The minimum Gasteiger partial charge on any atom is -0.345 e. The van der Waals surface area contributed by atoms with E-state index >= 15 is 0 Å². The molecule has 1 fully saturated rings. The zero-order valence-corrected chi connectivity index (χ0v) is 12.2. The molecule has 0 saturated heterocycles. The Kier molecular flexibility index (Phi) is 4.64. The quantitative estimate of drug-likeness (QED) is 0.817. The molecule has 1 unspecified atom stereocenters. The predicted molar refractivity (Wildman–Crippen MR) is 76.9 cm³/mol. The smallest absolute Gasteiger partial charge is 0.242 e. The lowest BCUT2D eigenvalue weighted by atomic mass is 10.1. The van der Waals surface area contributed by atoms with Crippen LogP contribution in [0.1, 0.15) is 38.3 Å². The van der Waals surface area contributed by atoms with E-state index < -0.39 is 0 Å². The standard InChI is InChI=1S/C15H25N3O/c1-4-16-15(12-6-7-12)13-8-9-18(10-13)11-14(19)17(3)5-2/h8-10,12,15-16H,4-7,11H2,1-3H3. The number of nitrogens with one attached hydrogen (secondary N) is 1. The Morgan fingerprint density at radius 2 is 2.26 bits per heavy atom. The topological polar surface area (TPSA) is 37.3 Å². The maximum Gasteiger partial charge on any atom is 0.242 e. The van der Waals surface area contributed by atoms with Gasteiger partial charge >= 0.3 is 0 Å². The van der Waals surface area contributed by atoms with Crippen LogP contribution in [0.2, 0.25) is 0 Å². The fourth-order valence-electron chi connectivity index (χ4n) is 2.40. The van der Waals surface area contributed by atoms with Gasteiger partial charge in [0.25, 0.3) is 0 Å². The zero-order valence-electron chi connectivity index (χ0n) is 12.2. The summed E-state index contributed by atoms with van der Waals surface area (Å²) in [6.07, 6.45) is 6.77.